The molecule has 0 saturated heterocycles. The van der Waals surface area contributed by atoms with Crippen molar-refractivity contribution in [1.29, 1.82) is 0 Å². The Morgan fingerprint density at radius 1 is 1.31 bits per heavy atom. The van der Waals surface area contributed by atoms with E-state index in [2.05, 4.69) is 21.9 Å². The fraction of sp³-hybridized carbons (Fsp3) is 0.286. The number of halogens is 1. The van der Waals surface area contributed by atoms with Crippen LogP contribution in [0.25, 0.3) is 22.2 Å². The number of aromatic amines is 1. The lowest BCUT2D eigenvalue weighted by Gasteiger charge is -2.22. The van der Waals surface area contributed by atoms with Crippen LogP contribution >= 0.6 is 11.6 Å². The maximum absolute atomic E-state index is 6.65. The zero-order chi connectivity index (χ0) is 20.7. The van der Waals surface area contributed by atoms with E-state index in [0.29, 0.717) is 23.1 Å². The second-order valence-corrected chi connectivity index (χ2v) is 7.38. The van der Waals surface area contributed by atoms with Crippen LogP contribution in [0.4, 0.5) is 5.82 Å². The van der Waals surface area contributed by atoms with Crippen molar-refractivity contribution in [2.45, 2.75) is 33.7 Å². The Bertz CT molecular complexity index is 1180. The summed E-state index contributed by atoms with van der Waals surface area (Å²) in [6.07, 6.45) is 5.29. The number of nitrogens with two attached hydrogens (primary N) is 1. The summed E-state index contributed by atoms with van der Waals surface area (Å²) in [5.74, 6) is 1.22. The van der Waals surface area contributed by atoms with Crippen molar-refractivity contribution in [3.05, 3.63) is 52.7 Å². The molecule has 4 rings (SSSR count). The van der Waals surface area contributed by atoms with E-state index in [9.17, 15) is 0 Å². The van der Waals surface area contributed by atoms with Crippen LogP contribution in [0.5, 0.6) is 5.75 Å². The highest BCUT2D eigenvalue weighted by molar-refractivity contribution is 6.32. The van der Waals surface area contributed by atoms with Gasteiger partial charge in [0, 0.05) is 34.1 Å². The number of nitrogens with one attached hydrogen (secondary N) is 1. The lowest BCUT2D eigenvalue weighted by molar-refractivity contribution is 0.333. The molecule has 1 atom stereocenters. The Balaban J connectivity index is 1.97. The van der Waals surface area contributed by atoms with Crippen molar-refractivity contribution in [2.75, 3.05) is 12.3 Å². The molecule has 3 N–H and O–H groups in total. The molecule has 4 aromatic rings. The van der Waals surface area contributed by atoms with Crippen LogP contribution in [-0.2, 0) is 0 Å². The first-order chi connectivity index (χ1) is 13.9. The number of hydrogen-bond donors (Lipinski definition) is 2. The number of ether oxygens (including phenoxy) is 1. The number of rotatable bonds is 5. The quantitative estimate of drug-likeness (QED) is 0.498. The molecule has 0 saturated carbocycles. The summed E-state index contributed by atoms with van der Waals surface area (Å²) in [5, 5.41) is 6.14. The molecule has 7 nitrogen and oxygen atoms in total. The minimum Gasteiger partial charge on any atom is -0.493 e. The Morgan fingerprint density at radius 3 is 2.79 bits per heavy atom. The van der Waals surface area contributed by atoms with Gasteiger partial charge in [-0.1, -0.05) is 11.6 Å². The van der Waals surface area contributed by atoms with E-state index in [1.165, 1.54) is 6.33 Å². The fourth-order valence-electron chi connectivity index (χ4n) is 3.75. The van der Waals surface area contributed by atoms with E-state index in [0.717, 1.165) is 39.1 Å². The van der Waals surface area contributed by atoms with Gasteiger partial charge in [-0.2, -0.15) is 5.10 Å². The number of aromatic nitrogens is 5. The number of aryl methyl sites for hydroxylation is 1. The Morgan fingerprint density at radius 2 is 2.10 bits per heavy atom. The van der Waals surface area contributed by atoms with Crippen molar-refractivity contribution in [3.8, 4) is 16.9 Å². The first-order valence-corrected chi connectivity index (χ1v) is 9.86. The summed E-state index contributed by atoms with van der Waals surface area (Å²) < 4.78 is 8.00. The highest BCUT2D eigenvalue weighted by Crippen LogP contribution is 2.43. The summed E-state index contributed by atoms with van der Waals surface area (Å²) in [6, 6.07) is 3.78. The van der Waals surface area contributed by atoms with Crippen molar-refractivity contribution in [2.24, 2.45) is 0 Å². The van der Waals surface area contributed by atoms with E-state index >= 15 is 0 Å². The lowest BCUT2D eigenvalue weighted by atomic mass is 9.95. The van der Waals surface area contributed by atoms with Gasteiger partial charge in [-0.25, -0.2) is 14.6 Å². The molecular formula is C21H23ClN6O. The molecule has 0 amide bonds. The van der Waals surface area contributed by atoms with Crippen molar-refractivity contribution in [3.63, 3.8) is 0 Å². The molecule has 3 aromatic heterocycles. The molecule has 0 radical (unpaired) electrons. The van der Waals surface area contributed by atoms with E-state index in [4.69, 9.17) is 27.2 Å². The van der Waals surface area contributed by atoms with Gasteiger partial charge < -0.3 is 15.5 Å². The monoisotopic (exact) mass is 410 g/mol. The second-order valence-electron chi connectivity index (χ2n) is 6.97. The molecule has 1 aromatic carbocycles. The number of hydrogen-bond acceptors (Lipinski definition) is 5. The molecule has 0 aliphatic rings. The molecule has 0 aliphatic carbocycles. The van der Waals surface area contributed by atoms with Gasteiger partial charge >= 0.3 is 0 Å². The highest BCUT2D eigenvalue weighted by Gasteiger charge is 2.25. The van der Waals surface area contributed by atoms with Crippen LogP contribution in [0.2, 0.25) is 5.02 Å². The van der Waals surface area contributed by atoms with Crippen LogP contribution in [-0.4, -0.2) is 31.3 Å². The molecular weight excluding hydrogens is 388 g/mol. The van der Waals surface area contributed by atoms with Gasteiger partial charge in [0.25, 0.3) is 0 Å². The summed E-state index contributed by atoms with van der Waals surface area (Å²) in [5.41, 5.74) is 11.4. The first kappa shape index (κ1) is 19.3. The summed E-state index contributed by atoms with van der Waals surface area (Å²) >= 11 is 6.65. The maximum atomic E-state index is 6.65. The van der Waals surface area contributed by atoms with Crippen LogP contribution in [0.15, 0.2) is 30.9 Å². The fourth-order valence-corrected chi connectivity index (χ4v) is 3.96. The van der Waals surface area contributed by atoms with Crippen molar-refractivity contribution < 1.29 is 4.74 Å². The first-order valence-electron chi connectivity index (χ1n) is 9.48. The summed E-state index contributed by atoms with van der Waals surface area (Å²) in [6.45, 7) is 8.46. The third-order valence-electron chi connectivity index (χ3n) is 5.19. The summed E-state index contributed by atoms with van der Waals surface area (Å²) in [7, 11) is 0. The van der Waals surface area contributed by atoms with Gasteiger partial charge in [-0.15, -0.1) is 0 Å². The molecule has 0 fully saturated rings. The predicted octanol–water partition coefficient (Wildman–Crippen LogP) is 4.68. The average Bonchev–Trinajstić information content (AvgIpc) is 3.33. The average molecular weight is 411 g/mol. The molecule has 0 spiro atoms. The molecule has 0 aliphatic heterocycles. The van der Waals surface area contributed by atoms with Gasteiger partial charge in [-0.05, 0) is 45.4 Å². The Kier molecular flexibility index (Phi) is 4.92. The molecule has 3 heterocycles. The zero-order valence-corrected chi connectivity index (χ0v) is 17.6. The Hall–Kier alpha value is -3.06. The normalized spacial score (nSPS) is 12.4. The topological polar surface area (TPSA) is 94.6 Å². The molecule has 1 unspecified atom stereocenters. The minimum atomic E-state index is -0.183. The lowest BCUT2D eigenvalue weighted by Crippen LogP contribution is -2.13. The van der Waals surface area contributed by atoms with Gasteiger partial charge in [0.1, 0.15) is 17.9 Å². The molecule has 0 bridgehead atoms. The number of nitrogens with zero attached hydrogens (tertiary/aromatic N) is 4. The number of benzene rings is 1. The van der Waals surface area contributed by atoms with Crippen molar-refractivity contribution >= 4 is 28.5 Å². The second kappa shape index (κ2) is 7.40. The van der Waals surface area contributed by atoms with Crippen LogP contribution < -0.4 is 10.5 Å². The number of H-pyrrole nitrogens is 1. The number of anilines is 1. The Labute approximate surface area is 173 Å². The minimum absolute atomic E-state index is 0.183. The smallest absolute Gasteiger partial charge is 0.164 e. The van der Waals surface area contributed by atoms with Gasteiger partial charge in [0.05, 0.1) is 23.7 Å². The molecule has 29 heavy (non-hydrogen) atoms. The third-order valence-corrected chi connectivity index (χ3v) is 5.58. The molecule has 150 valence electrons. The van der Waals surface area contributed by atoms with E-state index < -0.39 is 0 Å². The maximum Gasteiger partial charge on any atom is 0.164 e. The largest absolute Gasteiger partial charge is 0.493 e. The van der Waals surface area contributed by atoms with E-state index in [1.807, 2.05) is 50.0 Å². The van der Waals surface area contributed by atoms with Crippen LogP contribution in [0, 0.1) is 13.8 Å². The van der Waals surface area contributed by atoms with Gasteiger partial charge in [-0.3, -0.25) is 0 Å². The highest BCUT2D eigenvalue weighted by atomic mass is 35.5. The molecule has 8 heteroatoms. The number of fused-ring (bicyclic) bond motifs is 1. The predicted molar refractivity (Wildman–Crippen MR) is 115 cm³/mol. The third kappa shape index (κ3) is 3.11. The van der Waals surface area contributed by atoms with Crippen LogP contribution in [0.3, 0.4) is 0 Å². The van der Waals surface area contributed by atoms with Gasteiger partial charge in [0.2, 0.25) is 0 Å². The SMILES string of the molecule is CCOc1c(C(C)n2nc(C)c3c(N)ncnc32)cc(Cl)c(C)c1-c1cc[nH]c1. The zero-order valence-electron chi connectivity index (χ0n) is 16.8. The summed E-state index contributed by atoms with van der Waals surface area (Å²) in [4.78, 5) is 11.6. The van der Waals surface area contributed by atoms with Gasteiger partial charge in [0.15, 0.2) is 5.65 Å². The van der Waals surface area contributed by atoms with E-state index in [-0.39, 0.29) is 6.04 Å². The number of nitrogen functional groups attached to an aromatic ring is 1. The van der Waals surface area contributed by atoms with E-state index in [1.54, 1.807) is 0 Å². The van der Waals surface area contributed by atoms with Crippen molar-refractivity contribution in [1.82, 2.24) is 24.7 Å². The standard InChI is InChI=1S/C21H23ClN6O/c1-5-29-19-15(8-16(22)11(2)17(19)14-6-7-24-9-14)13(4)28-21-18(12(3)27-28)20(23)25-10-26-21/h6-10,13,24H,5H2,1-4H3,(H2,23,25,26). The van der Waals surface area contributed by atoms with Crippen LogP contribution in [0.1, 0.15) is 36.7 Å².